The number of aryl methyl sites for hydroxylation is 2. The van der Waals surface area contributed by atoms with Gasteiger partial charge in [-0.2, -0.15) is 10.1 Å². The van der Waals surface area contributed by atoms with Crippen molar-refractivity contribution in [1.29, 1.82) is 0 Å². The van der Waals surface area contributed by atoms with Crippen LogP contribution in [0.2, 0.25) is 0 Å². The number of carbonyl (C=O) groups is 1. The number of ether oxygens (including phenoxy) is 1. The summed E-state index contributed by atoms with van der Waals surface area (Å²) >= 11 is 0. The molecule has 0 saturated heterocycles. The van der Waals surface area contributed by atoms with Crippen LogP contribution in [0.5, 0.6) is 5.88 Å². The fraction of sp³-hybridized carbons (Fsp3) is 0.107. The number of fused-ring (bicyclic) bond motifs is 1. The van der Waals surface area contributed by atoms with Crippen LogP contribution < -0.4 is 10.1 Å². The molecule has 5 aromatic rings. The molecule has 0 saturated carbocycles. The van der Waals surface area contributed by atoms with Crippen LogP contribution in [0.3, 0.4) is 0 Å². The number of para-hydroxylation sites is 1. The van der Waals surface area contributed by atoms with Crippen molar-refractivity contribution in [2.24, 2.45) is 0 Å². The van der Waals surface area contributed by atoms with E-state index in [1.807, 2.05) is 67.6 Å². The minimum absolute atomic E-state index is 0.265. The van der Waals surface area contributed by atoms with Gasteiger partial charge in [-0.1, -0.05) is 54.6 Å². The lowest BCUT2D eigenvalue weighted by molar-refractivity contribution is -0.118. The van der Waals surface area contributed by atoms with Crippen molar-refractivity contribution in [3.8, 4) is 22.8 Å². The molecule has 0 radical (unpaired) electrons. The molecule has 0 aliphatic heterocycles. The van der Waals surface area contributed by atoms with Crippen LogP contribution >= 0.6 is 0 Å². The Bertz CT molecular complexity index is 1520. The first-order valence-corrected chi connectivity index (χ1v) is 11.2. The van der Waals surface area contributed by atoms with Gasteiger partial charge in [-0.3, -0.25) is 4.79 Å². The Kier molecular flexibility index (Phi) is 5.97. The highest BCUT2D eigenvalue weighted by Crippen LogP contribution is 2.33. The van der Waals surface area contributed by atoms with E-state index in [2.05, 4.69) is 5.32 Å². The summed E-state index contributed by atoms with van der Waals surface area (Å²) in [7, 11) is 0. The second-order valence-electron chi connectivity index (χ2n) is 8.24. The van der Waals surface area contributed by atoms with E-state index in [0.29, 0.717) is 22.8 Å². The lowest BCUT2D eigenvalue weighted by Gasteiger charge is -2.09. The standard InChI is InChI=1S/C28H23FN4O2/c1-18-13-14-21(16-23(18)29)30-24(34)17-35-25-15-19(2)26-27(20-9-5-3-6-10-20)32-33(28(26)31-25)22-11-7-4-8-12-22/h3-16H,17H2,1-2H3,(H,30,34). The van der Waals surface area contributed by atoms with E-state index in [-0.39, 0.29) is 12.4 Å². The highest BCUT2D eigenvalue weighted by molar-refractivity contribution is 5.95. The number of benzene rings is 3. The van der Waals surface area contributed by atoms with E-state index >= 15 is 0 Å². The van der Waals surface area contributed by atoms with Gasteiger partial charge in [0.05, 0.1) is 11.1 Å². The van der Waals surface area contributed by atoms with E-state index in [0.717, 1.165) is 27.9 Å². The Morgan fingerprint density at radius 1 is 0.943 bits per heavy atom. The molecule has 1 N–H and O–H groups in total. The molecule has 0 spiro atoms. The summed E-state index contributed by atoms with van der Waals surface area (Å²) in [4.78, 5) is 17.1. The quantitative estimate of drug-likeness (QED) is 0.340. The van der Waals surface area contributed by atoms with Gasteiger partial charge in [-0.15, -0.1) is 0 Å². The molecule has 0 aliphatic carbocycles. The second kappa shape index (κ2) is 9.38. The topological polar surface area (TPSA) is 69.0 Å². The monoisotopic (exact) mass is 466 g/mol. The minimum Gasteiger partial charge on any atom is -0.467 e. The van der Waals surface area contributed by atoms with E-state index in [4.69, 9.17) is 14.8 Å². The third kappa shape index (κ3) is 4.61. The maximum absolute atomic E-state index is 13.8. The van der Waals surface area contributed by atoms with Crippen molar-refractivity contribution in [2.75, 3.05) is 11.9 Å². The highest BCUT2D eigenvalue weighted by Gasteiger charge is 2.19. The predicted molar refractivity (Wildman–Crippen MR) is 134 cm³/mol. The molecular weight excluding hydrogens is 443 g/mol. The van der Waals surface area contributed by atoms with E-state index < -0.39 is 5.91 Å². The largest absolute Gasteiger partial charge is 0.467 e. The smallest absolute Gasteiger partial charge is 0.262 e. The zero-order valence-corrected chi connectivity index (χ0v) is 19.3. The molecule has 174 valence electrons. The van der Waals surface area contributed by atoms with Crippen molar-refractivity contribution in [3.63, 3.8) is 0 Å². The summed E-state index contributed by atoms with van der Waals surface area (Å²) in [5.74, 6) is -0.485. The van der Waals surface area contributed by atoms with Crippen LogP contribution in [0.25, 0.3) is 28.0 Å². The van der Waals surface area contributed by atoms with Crippen molar-refractivity contribution in [1.82, 2.24) is 14.8 Å². The third-order valence-electron chi connectivity index (χ3n) is 5.67. The van der Waals surface area contributed by atoms with E-state index in [9.17, 15) is 9.18 Å². The maximum atomic E-state index is 13.8. The summed E-state index contributed by atoms with van der Waals surface area (Å²) < 4.78 is 21.3. The number of nitrogens with one attached hydrogen (secondary N) is 1. The van der Waals surface area contributed by atoms with Crippen LogP contribution in [0.4, 0.5) is 10.1 Å². The Balaban J connectivity index is 1.47. The first kappa shape index (κ1) is 22.3. The molecule has 0 unspecified atom stereocenters. The fourth-order valence-electron chi connectivity index (χ4n) is 3.90. The minimum atomic E-state index is -0.408. The fourth-order valence-corrected chi connectivity index (χ4v) is 3.90. The second-order valence-corrected chi connectivity index (χ2v) is 8.24. The zero-order chi connectivity index (χ0) is 24.4. The first-order valence-electron chi connectivity index (χ1n) is 11.2. The van der Waals surface area contributed by atoms with Crippen molar-refractivity contribution < 1.29 is 13.9 Å². The summed E-state index contributed by atoms with van der Waals surface area (Å²) in [5.41, 5.74) is 5.10. The molecule has 0 fully saturated rings. The van der Waals surface area contributed by atoms with E-state index in [1.54, 1.807) is 29.8 Å². The van der Waals surface area contributed by atoms with Gasteiger partial charge in [0.1, 0.15) is 11.5 Å². The van der Waals surface area contributed by atoms with Crippen LogP contribution in [0, 0.1) is 19.7 Å². The van der Waals surface area contributed by atoms with Crippen LogP contribution in [0.1, 0.15) is 11.1 Å². The molecule has 6 nitrogen and oxygen atoms in total. The number of pyridine rings is 1. The lowest BCUT2D eigenvalue weighted by Crippen LogP contribution is -2.20. The van der Waals surface area contributed by atoms with Crippen LogP contribution in [-0.4, -0.2) is 27.3 Å². The number of aromatic nitrogens is 3. The molecule has 2 heterocycles. The summed E-state index contributed by atoms with van der Waals surface area (Å²) in [5, 5.41) is 8.44. The van der Waals surface area contributed by atoms with Gasteiger partial charge in [0.15, 0.2) is 12.3 Å². The van der Waals surface area contributed by atoms with Crippen molar-refractivity contribution >= 4 is 22.6 Å². The van der Waals surface area contributed by atoms with Gasteiger partial charge in [0.25, 0.3) is 5.91 Å². The van der Waals surface area contributed by atoms with Gasteiger partial charge < -0.3 is 10.1 Å². The molecule has 3 aromatic carbocycles. The molecular formula is C28H23FN4O2. The predicted octanol–water partition coefficient (Wildman–Crippen LogP) is 5.86. The number of halogens is 1. The summed E-state index contributed by atoms with van der Waals surface area (Å²) in [6.45, 7) is 3.37. The summed E-state index contributed by atoms with van der Waals surface area (Å²) in [6.07, 6.45) is 0. The van der Waals surface area contributed by atoms with Crippen molar-refractivity contribution in [2.45, 2.75) is 13.8 Å². The third-order valence-corrected chi connectivity index (χ3v) is 5.67. The Morgan fingerprint density at radius 3 is 2.37 bits per heavy atom. The zero-order valence-electron chi connectivity index (χ0n) is 19.3. The number of amides is 1. The molecule has 0 bridgehead atoms. The number of anilines is 1. The summed E-state index contributed by atoms with van der Waals surface area (Å²) in [6, 6.07) is 26.0. The van der Waals surface area contributed by atoms with Crippen molar-refractivity contribution in [3.05, 3.63) is 102 Å². The molecule has 0 atom stereocenters. The number of hydrogen-bond donors (Lipinski definition) is 1. The van der Waals surface area contributed by atoms with Crippen LogP contribution in [0.15, 0.2) is 84.9 Å². The van der Waals surface area contributed by atoms with Gasteiger partial charge in [0, 0.05) is 17.3 Å². The average Bonchev–Trinajstić information content (AvgIpc) is 3.26. The molecule has 2 aromatic heterocycles. The van der Waals surface area contributed by atoms with E-state index in [1.165, 1.54) is 6.07 Å². The van der Waals surface area contributed by atoms with Gasteiger partial charge in [-0.25, -0.2) is 9.07 Å². The molecule has 1 amide bonds. The Hall–Kier alpha value is -4.52. The molecule has 7 heteroatoms. The number of carbonyl (C=O) groups excluding carboxylic acids is 1. The SMILES string of the molecule is Cc1ccc(NC(=O)COc2cc(C)c3c(-c4ccccc4)nn(-c4ccccc4)c3n2)cc1F. The normalized spacial score (nSPS) is 10.9. The molecule has 35 heavy (non-hydrogen) atoms. The lowest BCUT2D eigenvalue weighted by atomic mass is 10.1. The number of nitrogens with zero attached hydrogens (tertiary/aromatic N) is 3. The first-order chi connectivity index (χ1) is 17.0. The van der Waals surface area contributed by atoms with Gasteiger partial charge >= 0.3 is 0 Å². The average molecular weight is 467 g/mol. The van der Waals surface area contributed by atoms with Crippen LogP contribution in [-0.2, 0) is 4.79 Å². The highest BCUT2D eigenvalue weighted by atomic mass is 19.1. The van der Waals surface area contributed by atoms with Gasteiger partial charge in [0.2, 0.25) is 5.88 Å². The Morgan fingerprint density at radius 2 is 1.66 bits per heavy atom. The Labute approximate surface area is 202 Å². The van der Waals surface area contributed by atoms with Gasteiger partial charge in [-0.05, 0) is 49.2 Å². The molecule has 5 rings (SSSR count). The number of rotatable bonds is 6. The molecule has 0 aliphatic rings. The maximum Gasteiger partial charge on any atom is 0.262 e. The number of hydrogen-bond acceptors (Lipinski definition) is 4.